The lowest BCUT2D eigenvalue weighted by atomic mass is 9.95. The molecule has 0 aliphatic carbocycles. The first-order valence-electron chi connectivity index (χ1n) is 12.9. The number of hydrogen-bond donors (Lipinski definition) is 0. The molecule has 0 radical (unpaired) electrons. The summed E-state index contributed by atoms with van der Waals surface area (Å²) in [7, 11) is -1.99. The number of esters is 1. The van der Waals surface area contributed by atoms with E-state index in [1.165, 1.54) is 6.92 Å². The fourth-order valence-corrected chi connectivity index (χ4v) is 7.92. The normalized spacial score (nSPS) is 27.4. The van der Waals surface area contributed by atoms with Gasteiger partial charge in [0.25, 0.3) is 11.8 Å². The Balaban J connectivity index is 1.49. The molecule has 7 atom stereocenters. The molecule has 3 aliphatic rings. The van der Waals surface area contributed by atoms with Gasteiger partial charge in [-0.05, 0) is 12.1 Å². The van der Waals surface area contributed by atoms with Crippen LogP contribution < -0.4 is 0 Å². The van der Waals surface area contributed by atoms with Crippen LogP contribution >= 0.6 is 46.4 Å². The minimum absolute atomic E-state index is 0.0256. The van der Waals surface area contributed by atoms with Crippen molar-refractivity contribution in [2.45, 2.75) is 47.9 Å². The van der Waals surface area contributed by atoms with Crippen LogP contribution in [0.5, 0.6) is 0 Å². The van der Waals surface area contributed by atoms with Gasteiger partial charge in [0, 0.05) is 17.4 Å². The van der Waals surface area contributed by atoms with E-state index in [0.29, 0.717) is 10.5 Å². The molecule has 3 aromatic carbocycles. The topological polar surface area (TPSA) is 108 Å². The summed E-state index contributed by atoms with van der Waals surface area (Å²) >= 11 is 25.3. The maximum absolute atomic E-state index is 14.1. The summed E-state index contributed by atoms with van der Waals surface area (Å²) in [6, 6.07) is 15.9. The number of imide groups is 1. The summed E-state index contributed by atoms with van der Waals surface area (Å²) in [6.45, 7) is 1.15. The van der Waals surface area contributed by atoms with Gasteiger partial charge < -0.3 is 18.9 Å². The first-order valence-corrected chi connectivity index (χ1v) is 15.7. The van der Waals surface area contributed by atoms with E-state index < -0.39 is 64.7 Å². The Morgan fingerprint density at radius 2 is 1.42 bits per heavy atom. The fraction of sp³-hybridized carbons (Fsp3) is 0.276. The van der Waals surface area contributed by atoms with Crippen molar-refractivity contribution in [2.24, 2.45) is 0 Å². The predicted molar refractivity (Wildman–Crippen MR) is 158 cm³/mol. The van der Waals surface area contributed by atoms with Crippen LogP contribution in [0.4, 0.5) is 0 Å². The SMILES string of the molecule is CC(=O)O[C@H]1[C@@H]2OC(c3ccccc3)OC[C@H]2O[C@@H](S(=O)c2ccccc2)[C@@H]1N1C(=O)c2c(Cl)c(Cl)c(Cl)c(Cl)c2C1=O. The minimum atomic E-state index is -1.99. The van der Waals surface area contributed by atoms with Crippen LogP contribution in [0.15, 0.2) is 65.6 Å². The van der Waals surface area contributed by atoms with Crippen molar-refractivity contribution >= 4 is 75.0 Å². The van der Waals surface area contributed by atoms with E-state index >= 15 is 0 Å². The maximum Gasteiger partial charge on any atom is 0.303 e. The largest absolute Gasteiger partial charge is 0.457 e. The molecule has 3 aliphatic heterocycles. The summed E-state index contributed by atoms with van der Waals surface area (Å²) in [5.41, 5.74) is -1.28. The van der Waals surface area contributed by atoms with E-state index in [1.54, 1.807) is 54.6 Å². The standard InChI is InChI=1S/C29H21Cl4NO8S/c1-13(35)40-25-23(34-26(36)17-18(27(34)37)20(31)22(33)21(32)19(17)30)29(43(38)15-10-6-3-7-11-15)41-16-12-39-28(42-24(16)25)14-8-4-2-5-9-14/h2-11,16,23-25,28-29H,12H2,1H3/t16-,23-,24-,25-,28?,29+,43?/m1/s1. The second kappa shape index (κ2) is 12.1. The van der Waals surface area contributed by atoms with E-state index in [0.717, 1.165) is 4.90 Å². The van der Waals surface area contributed by atoms with E-state index in [9.17, 15) is 18.6 Å². The Hall–Kier alpha value is -2.54. The Bertz CT molecular complexity index is 1600. The van der Waals surface area contributed by atoms with E-state index in [2.05, 4.69) is 0 Å². The molecule has 0 N–H and O–H groups in total. The number of rotatable bonds is 5. The lowest BCUT2D eigenvalue weighted by Gasteiger charge is -2.50. The van der Waals surface area contributed by atoms with Gasteiger partial charge in [-0.25, -0.2) is 0 Å². The van der Waals surface area contributed by atoms with Crippen molar-refractivity contribution < 1.29 is 37.5 Å². The highest BCUT2D eigenvalue weighted by Crippen LogP contribution is 2.47. The summed E-state index contributed by atoms with van der Waals surface area (Å²) in [5, 5.41) is -0.987. The van der Waals surface area contributed by atoms with Crippen LogP contribution in [0, 0.1) is 0 Å². The van der Waals surface area contributed by atoms with E-state index in [4.69, 9.17) is 65.4 Å². The number of carbonyl (C=O) groups is 3. The molecule has 3 aromatic rings. The predicted octanol–water partition coefficient (Wildman–Crippen LogP) is 5.84. The van der Waals surface area contributed by atoms with Crippen LogP contribution in [-0.4, -0.2) is 63.3 Å². The van der Waals surface area contributed by atoms with Gasteiger partial charge in [-0.2, -0.15) is 0 Å². The third kappa shape index (κ3) is 5.27. The van der Waals surface area contributed by atoms with Crippen LogP contribution in [0.3, 0.4) is 0 Å². The lowest BCUT2D eigenvalue weighted by Crippen LogP contribution is -2.68. The molecule has 0 aromatic heterocycles. The highest BCUT2D eigenvalue weighted by Gasteiger charge is 2.59. The molecule has 0 saturated carbocycles. The Morgan fingerprint density at radius 3 is 1.98 bits per heavy atom. The van der Waals surface area contributed by atoms with E-state index in [-0.39, 0.29) is 37.8 Å². The lowest BCUT2D eigenvalue weighted by molar-refractivity contribution is -0.311. The third-order valence-electron chi connectivity index (χ3n) is 7.30. The van der Waals surface area contributed by atoms with Gasteiger partial charge in [0.2, 0.25) is 0 Å². The van der Waals surface area contributed by atoms with Crippen LogP contribution in [0.2, 0.25) is 20.1 Å². The quantitative estimate of drug-likeness (QED) is 0.143. The van der Waals surface area contributed by atoms with Crippen LogP contribution in [0.1, 0.15) is 39.5 Å². The molecule has 43 heavy (non-hydrogen) atoms. The molecule has 0 bridgehead atoms. The summed E-state index contributed by atoms with van der Waals surface area (Å²) in [5.74, 6) is -2.54. The molecule has 6 rings (SSSR count). The molecule has 14 heteroatoms. The number of carbonyl (C=O) groups excluding carboxylic acids is 3. The molecule has 2 saturated heterocycles. The van der Waals surface area contributed by atoms with Gasteiger partial charge in [-0.3, -0.25) is 23.5 Å². The zero-order chi connectivity index (χ0) is 30.6. The summed E-state index contributed by atoms with van der Waals surface area (Å²) < 4.78 is 38.4. The monoisotopic (exact) mass is 683 g/mol. The molecular formula is C29H21Cl4NO8S. The molecular weight excluding hydrogens is 664 g/mol. The minimum Gasteiger partial charge on any atom is -0.457 e. The highest BCUT2D eigenvalue weighted by atomic mass is 35.5. The van der Waals surface area contributed by atoms with Gasteiger partial charge in [0.1, 0.15) is 18.2 Å². The molecule has 0 spiro atoms. The number of halogens is 4. The first-order chi connectivity index (χ1) is 20.6. The van der Waals surface area contributed by atoms with Crippen molar-refractivity contribution in [1.82, 2.24) is 4.90 Å². The number of nitrogens with zero attached hydrogens (tertiary/aromatic N) is 1. The molecule has 2 amide bonds. The number of amides is 2. The van der Waals surface area contributed by atoms with Gasteiger partial charge >= 0.3 is 5.97 Å². The Morgan fingerprint density at radius 1 is 0.860 bits per heavy atom. The maximum atomic E-state index is 14.1. The van der Waals surface area contributed by atoms with Gasteiger partial charge in [0.15, 0.2) is 17.8 Å². The van der Waals surface area contributed by atoms with E-state index in [1.807, 2.05) is 6.07 Å². The van der Waals surface area contributed by atoms with Crippen LogP contribution in [-0.2, 0) is 34.5 Å². The highest BCUT2D eigenvalue weighted by molar-refractivity contribution is 7.85. The van der Waals surface area contributed by atoms with Crippen molar-refractivity contribution in [3.63, 3.8) is 0 Å². The van der Waals surface area contributed by atoms with Crippen molar-refractivity contribution in [2.75, 3.05) is 6.61 Å². The van der Waals surface area contributed by atoms with Crippen molar-refractivity contribution in [3.05, 3.63) is 97.4 Å². The number of ether oxygens (including phenoxy) is 4. The van der Waals surface area contributed by atoms with Gasteiger partial charge in [-0.15, -0.1) is 0 Å². The third-order valence-corrected chi connectivity index (χ3v) is 10.6. The zero-order valence-electron chi connectivity index (χ0n) is 22.1. The Kier molecular flexibility index (Phi) is 8.58. The average molecular weight is 685 g/mol. The zero-order valence-corrected chi connectivity index (χ0v) is 25.9. The molecule has 2 fully saturated rings. The van der Waals surface area contributed by atoms with Gasteiger partial charge in [-0.1, -0.05) is 94.9 Å². The number of benzene rings is 3. The molecule has 2 unspecified atom stereocenters. The smallest absolute Gasteiger partial charge is 0.303 e. The average Bonchev–Trinajstić information content (AvgIpc) is 3.28. The van der Waals surface area contributed by atoms with Crippen molar-refractivity contribution in [3.8, 4) is 0 Å². The second-order valence-corrected chi connectivity index (χ2v) is 12.9. The first kappa shape index (κ1) is 30.5. The van der Waals surface area contributed by atoms with Gasteiger partial charge in [0.05, 0.1) is 48.6 Å². The molecule has 9 nitrogen and oxygen atoms in total. The molecule has 224 valence electrons. The van der Waals surface area contributed by atoms with Crippen molar-refractivity contribution in [1.29, 1.82) is 0 Å². The fourth-order valence-electron chi connectivity index (χ4n) is 5.44. The van der Waals surface area contributed by atoms with Crippen LogP contribution in [0.25, 0.3) is 0 Å². The molecule has 3 heterocycles. The summed E-state index contributed by atoms with van der Waals surface area (Å²) in [6.07, 6.45) is -4.15. The Labute approximate surface area is 268 Å². The summed E-state index contributed by atoms with van der Waals surface area (Å²) in [4.78, 5) is 41.7. The second-order valence-electron chi connectivity index (χ2n) is 9.88. The number of fused-ring (bicyclic) bond motifs is 2. The number of hydrogen-bond acceptors (Lipinski definition) is 8.